The number of para-hydroxylation sites is 2. The number of imide groups is 2. The summed E-state index contributed by atoms with van der Waals surface area (Å²) in [6.07, 6.45) is 1.32. The van der Waals surface area contributed by atoms with Crippen molar-refractivity contribution in [2.75, 3.05) is 9.80 Å². The van der Waals surface area contributed by atoms with E-state index in [1.807, 2.05) is 0 Å². The molecular formula is C28H17N3O4. The molecule has 35 heavy (non-hydrogen) atoms. The van der Waals surface area contributed by atoms with Crippen LogP contribution in [0, 0.1) is 11.3 Å². The van der Waals surface area contributed by atoms with E-state index in [-0.39, 0.29) is 11.3 Å². The van der Waals surface area contributed by atoms with Gasteiger partial charge in [-0.3, -0.25) is 9.59 Å². The summed E-state index contributed by atoms with van der Waals surface area (Å²) >= 11 is 0. The fourth-order valence-corrected chi connectivity index (χ4v) is 3.85. The Morgan fingerprint density at radius 3 is 1.80 bits per heavy atom. The highest BCUT2D eigenvalue weighted by molar-refractivity contribution is 6.46. The number of urea groups is 1. The first-order valence-corrected chi connectivity index (χ1v) is 10.7. The summed E-state index contributed by atoms with van der Waals surface area (Å²) in [5.74, 6) is -0.858. The highest BCUT2D eigenvalue weighted by Crippen LogP contribution is 2.31. The van der Waals surface area contributed by atoms with Crippen molar-refractivity contribution in [3.63, 3.8) is 0 Å². The Hall–Kier alpha value is -5.22. The summed E-state index contributed by atoms with van der Waals surface area (Å²) in [6.45, 7) is 0. The number of rotatable bonds is 4. The van der Waals surface area contributed by atoms with Crippen LogP contribution in [-0.4, -0.2) is 17.8 Å². The molecule has 1 aliphatic rings. The molecule has 7 heteroatoms. The van der Waals surface area contributed by atoms with Crippen LogP contribution < -0.4 is 9.80 Å². The quantitative estimate of drug-likeness (QED) is 0.301. The number of carbonyl (C=O) groups excluding carboxylic acids is 3. The van der Waals surface area contributed by atoms with Crippen molar-refractivity contribution >= 4 is 35.3 Å². The molecule has 168 valence electrons. The van der Waals surface area contributed by atoms with Crippen molar-refractivity contribution in [3.05, 3.63) is 114 Å². The molecule has 7 nitrogen and oxygen atoms in total. The molecule has 3 aromatic carbocycles. The van der Waals surface area contributed by atoms with Gasteiger partial charge in [-0.15, -0.1) is 0 Å². The second kappa shape index (κ2) is 8.96. The SMILES string of the molecule is N#Cc1ccccc1-c1ccc(C=C2C(=O)N(c3ccccc3)C(=O)N(c3ccccc3)C2=O)o1. The zero-order valence-corrected chi connectivity index (χ0v) is 18.3. The summed E-state index contributed by atoms with van der Waals surface area (Å²) in [5, 5.41) is 9.38. The molecule has 0 atom stereocenters. The van der Waals surface area contributed by atoms with Gasteiger partial charge in [0.05, 0.1) is 23.0 Å². The predicted molar refractivity (Wildman–Crippen MR) is 130 cm³/mol. The summed E-state index contributed by atoms with van der Waals surface area (Å²) < 4.78 is 5.87. The average molecular weight is 459 g/mol. The third-order valence-electron chi connectivity index (χ3n) is 5.50. The maximum atomic E-state index is 13.4. The van der Waals surface area contributed by atoms with E-state index in [9.17, 15) is 19.6 Å². The van der Waals surface area contributed by atoms with Crippen LogP contribution in [0.2, 0.25) is 0 Å². The van der Waals surface area contributed by atoms with Crippen molar-refractivity contribution in [1.29, 1.82) is 5.26 Å². The van der Waals surface area contributed by atoms with Gasteiger partial charge in [-0.2, -0.15) is 5.26 Å². The smallest absolute Gasteiger partial charge is 0.343 e. The van der Waals surface area contributed by atoms with Crippen LogP contribution in [0.5, 0.6) is 0 Å². The lowest BCUT2D eigenvalue weighted by atomic mass is 10.1. The summed E-state index contributed by atoms with van der Waals surface area (Å²) in [6, 6.07) is 28.4. The van der Waals surface area contributed by atoms with E-state index in [0.29, 0.717) is 28.3 Å². The van der Waals surface area contributed by atoms with E-state index in [2.05, 4.69) is 6.07 Å². The molecule has 0 aliphatic carbocycles. The first-order valence-electron chi connectivity index (χ1n) is 10.7. The minimum Gasteiger partial charge on any atom is -0.457 e. The molecule has 0 unspecified atom stereocenters. The lowest BCUT2D eigenvalue weighted by Crippen LogP contribution is -2.57. The number of carbonyl (C=O) groups is 3. The first-order chi connectivity index (χ1) is 17.1. The van der Waals surface area contributed by atoms with Crippen molar-refractivity contribution in [2.45, 2.75) is 0 Å². The van der Waals surface area contributed by atoms with Gasteiger partial charge in [0.2, 0.25) is 0 Å². The van der Waals surface area contributed by atoms with E-state index < -0.39 is 17.8 Å². The van der Waals surface area contributed by atoms with Crippen LogP contribution >= 0.6 is 0 Å². The van der Waals surface area contributed by atoms with Crippen molar-refractivity contribution < 1.29 is 18.8 Å². The van der Waals surface area contributed by atoms with E-state index in [4.69, 9.17) is 4.42 Å². The molecule has 1 saturated heterocycles. The Morgan fingerprint density at radius 1 is 0.686 bits per heavy atom. The largest absolute Gasteiger partial charge is 0.457 e. The van der Waals surface area contributed by atoms with Crippen LogP contribution in [0.3, 0.4) is 0 Å². The van der Waals surface area contributed by atoms with E-state index in [1.165, 1.54) is 6.08 Å². The molecule has 0 radical (unpaired) electrons. The standard InChI is InChI=1S/C28H17N3O4/c29-18-19-9-7-8-14-23(19)25-16-15-22(35-25)17-24-26(32)30(20-10-3-1-4-11-20)28(34)31(27(24)33)21-12-5-2-6-13-21/h1-17H. The van der Waals surface area contributed by atoms with Crippen LogP contribution in [0.15, 0.2) is 107 Å². The maximum Gasteiger partial charge on any atom is 0.343 e. The topological polar surface area (TPSA) is 94.6 Å². The van der Waals surface area contributed by atoms with Gasteiger partial charge in [-0.25, -0.2) is 14.6 Å². The number of anilines is 2. The monoisotopic (exact) mass is 459 g/mol. The molecule has 0 spiro atoms. The normalized spacial score (nSPS) is 13.7. The zero-order chi connectivity index (χ0) is 24.4. The molecular weight excluding hydrogens is 442 g/mol. The minimum absolute atomic E-state index is 0.230. The number of furan rings is 1. The third kappa shape index (κ3) is 3.90. The Kier molecular flexibility index (Phi) is 5.54. The molecule has 4 amide bonds. The molecule has 1 fully saturated rings. The highest BCUT2D eigenvalue weighted by Gasteiger charge is 2.43. The molecule has 0 saturated carbocycles. The van der Waals surface area contributed by atoms with Crippen LogP contribution in [0.1, 0.15) is 11.3 Å². The van der Waals surface area contributed by atoms with E-state index >= 15 is 0 Å². The first kappa shape index (κ1) is 21.6. The highest BCUT2D eigenvalue weighted by atomic mass is 16.3. The minimum atomic E-state index is -0.766. The van der Waals surface area contributed by atoms with Crippen LogP contribution in [0.4, 0.5) is 16.2 Å². The Labute approximate surface area is 200 Å². The molecule has 4 aromatic rings. The van der Waals surface area contributed by atoms with E-state index in [0.717, 1.165) is 9.80 Å². The number of nitrogens with zero attached hydrogens (tertiary/aromatic N) is 3. The van der Waals surface area contributed by atoms with Gasteiger partial charge in [-0.1, -0.05) is 48.5 Å². The van der Waals surface area contributed by atoms with Gasteiger partial charge in [0, 0.05) is 5.56 Å². The summed E-state index contributed by atoms with van der Waals surface area (Å²) in [5.41, 5.74) is 1.47. The van der Waals surface area contributed by atoms with E-state index in [1.54, 1.807) is 97.1 Å². The van der Waals surface area contributed by atoms with Crippen molar-refractivity contribution in [2.24, 2.45) is 0 Å². The van der Waals surface area contributed by atoms with Gasteiger partial charge in [0.25, 0.3) is 11.8 Å². The van der Waals surface area contributed by atoms with Gasteiger partial charge in [0.15, 0.2) is 0 Å². The fourth-order valence-electron chi connectivity index (χ4n) is 3.85. The van der Waals surface area contributed by atoms with Gasteiger partial charge in [0.1, 0.15) is 17.1 Å². The number of nitriles is 1. The lowest BCUT2D eigenvalue weighted by molar-refractivity contribution is -0.121. The van der Waals surface area contributed by atoms with Gasteiger partial charge >= 0.3 is 6.03 Å². The second-order valence-electron chi connectivity index (χ2n) is 7.65. The second-order valence-corrected chi connectivity index (χ2v) is 7.65. The number of amides is 4. The van der Waals surface area contributed by atoms with Crippen LogP contribution in [-0.2, 0) is 9.59 Å². The molecule has 0 bridgehead atoms. The lowest BCUT2D eigenvalue weighted by Gasteiger charge is -2.33. The number of hydrogen-bond acceptors (Lipinski definition) is 5. The van der Waals surface area contributed by atoms with Gasteiger partial charge < -0.3 is 4.42 Å². The average Bonchev–Trinajstić information content (AvgIpc) is 3.36. The Morgan fingerprint density at radius 2 is 1.23 bits per heavy atom. The predicted octanol–water partition coefficient (Wildman–Crippen LogP) is 5.40. The van der Waals surface area contributed by atoms with Crippen LogP contribution in [0.25, 0.3) is 17.4 Å². The van der Waals surface area contributed by atoms with Crippen molar-refractivity contribution in [3.8, 4) is 17.4 Å². The molecule has 1 aromatic heterocycles. The van der Waals surface area contributed by atoms with Gasteiger partial charge in [-0.05, 0) is 54.6 Å². The summed E-state index contributed by atoms with van der Waals surface area (Å²) in [4.78, 5) is 42.1. The molecule has 5 rings (SSSR count). The number of benzene rings is 3. The summed E-state index contributed by atoms with van der Waals surface area (Å²) in [7, 11) is 0. The van der Waals surface area contributed by atoms with Crippen molar-refractivity contribution in [1.82, 2.24) is 0 Å². The molecule has 0 N–H and O–H groups in total. The number of barbiturate groups is 1. The third-order valence-corrected chi connectivity index (χ3v) is 5.50. The Bertz CT molecular complexity index is 1450. The molecule has 2 heterocycles. The maximum absolute atomic E-state index is 13.4. The zero-order valence-electron chi connectivity index (χ0n) is 18.3. The Balaban J connectivity index is 1.60. The molecule has 1 aliphatic heterocycles. The fraction of sp³-hybridized carbons (Fsp3) is 0. The number of hydrogen-bond donors (Lipinski definition) is 0.